The second-order valence-electron chi connectivity index (χ2n) is 11.8. The number of nitrogens with zero attached hydrogens (tertiary/aromatic N) is 4. The number of nitrogens with one attached hydrogen (secondary N) is 1. The molecule has 4 atom stereocenters. The van der Waals surface area contributed by atoms with Crippen LogP contribution >= 0.6 is 11.3 Å². The summed E-state index contributed by atoms with van der Waals surface area (Å²) in [7, 11) is 5.10. The maximum Gasteiger partial charge on any atom is 0.251 e. The van der Waals surface area contributed by atoms with Crippen LogP contribution in [0.3, 0.4) is 0 Å². The van der Waals surface area contributed by atoms with Gasteiger partial charge in [0.05, 0.1) is 12.0 Å². The number of fused-ring (bicyclic) bond motifs is 1. The van der Waals surface area contributed by atoms with Crippen LogP contribution in [0.2, 0.25) is 0 Å². The quantitative estimate of drug-likeness (QED) is 0.341. The Balaban J connectivity index is 1.31. The highest BCUT2D eigenvalue weighted by atomic mass is 32.1. The fourth-order valence-corrected chi connectivity index (χ4v) is 7.02. The van der Waals surface area contributed by atoms with Crippen LogP contribution in [0.25, 0.3) is 11.3 Å². The number of hydrogen-bond acceptors (Lipinski definition) is 9. The lowest BCUT2D eigenvalue weighted by Crippen LogP contribution is -2.58. The second kappa shape index (κ2) is 12.9. The van der Waals surface area contributed by atoms with Crippen molar-refractivity contribution >= 4 is 28.3 Å². The van der Waals surface area contributed by atoms with Crippen molar-refractivity contribution in [2.45, 2.75) is 44.2 Å². The Morgan fingerprint density at radius 3 is 2.49 bits per heavy atom. The molecule has 3 aliphatic heterocycles. The van der Waals surface area contributed by atoms with Gasteiger partial charge in [-0.1, -0.05) is 43.2 Å². The van der Waals surface area contributed by atoms with Gasteiger partial charge in [-0.3, -0.25) is 9.59 Å². The number of ether oxygens (including phenoxy) is 3. The number of carbonyl (C=O) groups excluding carboxylic acids is 2. The SMILES string of the molecule is C#CC1CN(C(=O)C(CC(C)C)NC(=O)c2ccc(-c3nc(N4CCN(C)CC4)sc3F)cc2)[C@H]2[C@@H]1OCC2(OC)OC. The van der Waals surface area contributed by atoms with Gasteiger partial charge in [-0.05, 0) is 31.5 Å². The highest BCUT2D eigenvalue weighted by Crippen LogP contribution is 2.41. The van der Waals surface area contributed by atoms with Gasteiger partial charge < -0.3 is 34.2 Å². The van der Waals surface area contributed by atoms with E-state index in [4.69, 9.17) is 20.6 Å². The van der Waals surface area contributed by atoms with Crippen LogP contribution in [0, 0.1) is 29.3 Å². The summed E-state index contributed by atoms with van der Waals surface area (Å²) in [5.41, 5.74) is 1.21. The number of carbonyl (C=O) groups is 2. The number of thiazole rings is 1. The third-order valence-electron chi connectivity index (χ3n) is 8.63. The minimum atomic E-state index is -1.15. The summed E-state index contributed by atoms with van der Waals surface area (Å²) >= 11 is 1.04. The molecule has 0 spiro atoms. The molecular weight excluding hydrogens is 573 g/mol. The van der Waals surface area contributed by atoms with E-state index in [9.17, 15) is 14.0 Å². The van der Waals surface area contributed by atoms with Gasteiger partial charge in [-0.15, -0.1) is 6.42 Å². The van der Waals surface area contributed by atoms with Crippen molar-refractivity contribution in [1.29, 1.82) is 0 Å². The van der Waals surface area contributed by atoms with Crippen molar-refractivity contribution in [3.05, 3.63) is 35.0 Å². The average molecular weight is 614 g/mol. The molecule has 3 saturated heterocycles. The average Bonchev–Trinajstić information content (AvgIpc) is 3.69. The van der Waals surface area contributed by atoms with Gasteiger partial charge in [-0.25, -0.2) is 4.98 Å². The van der Waals surface area contributed by atoms with Gasteiger partial charge in [0.1, 0.15) is 24.4 Å². The summed E-state index contributed by atoms with van der Waals surface area (Å²) in [6, 6.07) is 5.27. The molecule has 10 nitrogen and oxygen atoms in total. The fraction of sp³-hybridized carbons (Fsp3) is 0.581. The van der Waals surface area contributed by atoms with E-state index in [1.165, 1.54) is 14.2 Å². The van der Waals surface area contributed by atoms with Crippen molar-refractivity contribution in [3.8, 4) is 23.6 Å². The number of benzene rings is 1. The van der Waals surface area contributed by atoms with Gasteiger partial charge in [0.25, 0.3) is 5.91 Å². The van der Waals surface area contributed by atoms with Crippen LogP contribution in [-0.4, -0.2) is 111 Å². The molecule has 232 valence electrons. The largest absolute Gasteiger partial charge is 0.369 e. The van der Waals surface area contributed by atoms with Gasteiger partial charge in [0, 0.05) is 58.1 Å². The van der Waals surface area contributed by atoms with Gasteiger partial charge in [-0.2, -0.15) is 4.39 Å². The Bertz CT molecular complexity index is 1350. The van der Waals surface area contributed by atoms with E-state index < -0.39 is 29.9 Å². The maximum absolute atomic E-state index is 14.9. The summed E-state index contributed by atoms with van der Waals surface area (Å²) in [5, 5.41) is 3.24. The summed E-state index contributed by atoms with van der Waals surface area (Å²) in [5.74, 6) is 0.717. The first-order valence-corrected chi connectivity index (χ1v) is 15.4. The molecule has 1 aromatic carbocycles. The molecule has 43 heavy (non-hydrogen) atoms. The first-order chi connectivity index (χ1) is 20.6. The number of rotatable bonds is 9. The van der Waals surface area contributed by atoms with E-state index >= 15 is 0 Å². The highest BCUT2D eigenvalue weighted by Gasteiger charge is 2.61. The first kappa shape index (κ1) is 31.3. The van der Waals surface area contributed by atoms with Crippen LogP contribution in [-0.2, 0) is 19.0 Å². The standard InChI is InChI=1S/C31H40FN5O5S/c1-7-20-17-37(26-25(20)42-18-31(26,40-5)41-6)29(39)23(16-19(2)3)33-28(38)22-10-8-21(9-11-22)24-27(32)43-30(34-24)36-14-12-35(4)13-15-36/h1,8-11,19-20,23,25-26H,12-18H2,2-6H3,(H,33,38)/t20?,23?,25-,26+/m1/s1. The lowest BCUT2D eigenvalue weighted by Gasteiger charge is -2.37. The second-order valence-corrected chi connectivity index (χ2v) is 12.8. The molecule has 2 amide bonds. The summed E-state index contributed by atoms with van der Waals surface area (Å²) < 4.78 is 32.3. The number of halogens is 1. The normalized spacial score (nSPS) is 24.2. The van der Waals surface area contributed by atoms with Crippen LogP contribution < -0.4 is 10.2 Å². The van der Waals surface area contributed by atoms with Crippen molar-refractivity contribution in [2.24, 2.45) is 11.8 Å². The molecule has 4 heterocycles. The van der Waals surface area contributed by atoms with E-state index in [-0.39, 0.29) is 41.7 Å². The first-order valence-electron chi connectivity index (χ1n) is 14.6. The number of likely N-dealkylation sites (tertiary alicyclic amines) is 1. The molecule has 12 heteroatoms. The maximum atomic E-state index is 14.9. The van der Waals surface area contributed by atoms with Crippen LogP contribution in [0.4, 0.5) is 9.52 Å². The molecule has 0 aliphatic carbocycles. The van der Waals surface area contributed by atoms with Crippen molar-refractivity contribution in [2.75, 3.05) is 65.5 Å². The minimum Gasteiger partial charge on any atom is -0.369 e. The zero-order valence-electron chi connectivity index (χ0n) is 25.3. The number of methoxy groups -OCH3 is 2. The molecule has 0 saturated carbocycles. The molecule has 3 fully saturated rings. The third-order valence-corrected chi connectivity index (χ3v) is 9.54. The van der Waals surface area contributed by atoms with Crippen molar-refractivity contribution < 1.29 is 28.2 Å². The van der Waals surface area contributed by atoms with Gasteiger partial charge >= 0.3 is 0 Å². The number of likely N-dealkylation sites (N-methyl/N-ethyl adjacent to an activating group) is 1. The van der Waals surface area contributed by atoms with E-state index in [1.54, 1.807) is 29.2 Å². The summed E-state index contributed by atoms with van der Waals surface area (Å²) in [4.78, 5) is 38.0. The Morgan fingerprint density at radius 1 is 1.21 bits per heavy atom. The predicted octanol–water partition coefficient (Wildman–Crippen LogP) is 2.69. The van der Waals surface area contributed by atoms with Crippen molar-refractivity contribution in [3.63, 3.8) is 0 Å². The van der Waals surface area contributed by atoms with E-state index in [2.05, 4.69) is 33.1 Å². The zero-order valence-corrected chi connectivity index (χ0v) is 26.2. The van der Waals surface area contributed by atoms with Crippen LogP contribution in [0.1, 0.15) is 30.6 Å². The zero-order chi connectivity index (χ0) is 30.9. The molecule has 2 aromatic rings. The number of terminal acetylenes is 1. The predicted molar refractivity (Wildman–Crippen MR) is 162 cm³/mol. The fourth-order valence-electron chi connectivity index (χ4n) is 6.15. The smallest absolute Gasteiger partial charge is 0.251 e. The van der Waals surface area contributed by atoms with Crippen molar-refractivity contribution in [1.82, 2.24) is 20.1 Å². The Hall–Kier alpha value is -3.08. The number of piperazine rings is 1. The Labute approximate surface area is 256 Å². The number of amides is 2. The molecule has 1 N–H and O–H groups in total. The molecule has 0 radical (unpaired) electrons. The summed E-state index contributed by atoms with van der Waals surface area (Å²) in [6.45, 7) is 7.79. The summed E-state index contributed by atoms with van der Waals surface area (Å²) in [6.07, 6.45) is 5.78. The van der Waals surface area contributed by atoms with Gasteiger partial charge in [0.15, 0.2) is 5.13 Å². The van der Waals surface area contributed by atoms with E-state index in [0.717, 1.165) is 37.5 Å². The van der Waals surface area contributed by atoms with E-state index in [1.807, 2.05) is 13.8 Å². The highest BCUT2D eigenvalue weighted by molar-refractivity contribution is 7.14. The van der Waals surface area contributed by atoms with Crippen LogP contribution in [0.5, 0.6) is 0 Å². The Morgan fingerprint density at radius 2 is 1.88 bits per heavy atom. The molecular formula is C31H40FN5O5S. The lowest BCUT2D eigenvalue weighted by molar-refractivity contribution is -0.227. The number of anilines is 1. The molecule has 0 bridgehead atoms. The topological polar surface area (TPSA) is 96.5 Å². The molecule has 1 aromatic heterocycles. The monoisotopic (exact) mass is 613 g/mol. The van der Waals surface area contributed by atoms with Crippen LogP contribution in [0.15, 0.2) is 24.3 Å². The lowest BCUT2D eigenvalue weighted by atomic mass is 9.98. The van der Waals surface area contributed by atoms with Gasteiger partial charge in [0.2, 0.25) is 16.8 Å². The molecule has 5 rings (SSSR count). The number of hydrogen-bond donors (Lipinski definition) is 1. The molecule has 2 unspecified atom stereocenters. The van der Waals surface area contributed by atoms with E-state index in [0.29, 0.717) is 22.7 Å². The number of aromatic nitrogens is 1. The minimum absolute atomic E-state index is 0.120. The third kappa shape index (κ3) is 6.14. The Kier molecular flexibility index (Phi) is 9.39. The molecule has 3 aliphatic rings.